The van der Waals surface area contributed by atoms with E-state index in [4.69, 9.17) is 23.8 Å². The van der Waals surface area contributed by atoms with Crippen LogP contribution < -0.4 is 0 Å². The van der Waals surface area contributed by atoms with Crippen LogP contribution in [0.4, 0.5) is 0 Å². The van der Waals surface area contributed by atoms with Gasteiger partial charge in [0, 0.05) is 12.8 Å². The van der Waals surface area contributed by atoms with E-state index in [0.29, 0.717) is 31.5 Å². The normalized spacial score (nSPS) is 18.0. The number of allylic oxidation sites excluding steroid dienone is 5. The molecule has 12 heteroatoms. The van der Waals surface area contributed by atoms with Crippen LogP contribution in [-0.4, -0.2) is 77.9 Å². The van der Waals surface area contributed by atoms with Crippen molar-refractivity contribution in [2.45, 2.75) is 192 Å². The molecular weight excluding hydrogens is 711 g/mol. The van der Waals surface area contributed by atoms with Crippen LogP contribution in [0.5, 0.6) is 0 Å². The van der Waals surface area contributed by atoms with E-state index in [1.807, 2.05) is 12.2 Å². The van der Waals surface area contributed by atoms with Crippen molar-refractivity contribution in [3.63, 3.8) is 0 Å². The van der Waals surface area contributed by atoms with Gasteiger partial charge >= 0.3 is 19.8 Å². The summed E-state index contributed by atoms with van der Waals surface area (Å²) >= 11 is 0. The molecule has 0 aromatic carbocycles. The minimum absolute atomic E-state index is 0.106. The molecule has 0 aromatic rings. The topological polar surface area (TPSA) is 161 Å². The molecule has 1 aliphatic rings. The van der Waals surface area contributed by atoms with Crippen molar-refractivity contribution in [2.24, 2.45) is 0 Å². The van der Waals surface area contributed by atoms with Gasteiger partial charge in [0.15, 0.2) is 6.10 Å². The standard InChI is InChI=1S/C42H75O11P/c1-3-5-7-8-9-10-11-12-13-17-20-23-27-31-41(45)49-35-38(36-51-54(47,48)50-34-37(44)33-43)52-42(46)32-28-24-21-18-15-14-16-19-22-26-30-40-39(53-40)29-25-6-4-2/h14,16,18,21-22,26,37-40,43-44H,3-13,15,17,19-20,23-25,27-36H2,1-2H3,(H,47,48)/b16-14-,21-18-,26-22-/t37-,38+,39?,40?/m0/s1. The number of ether oxygens (including phenoxy) is 3. The van der Waals surface area contributed by atoms with Gasteiger partial charge in [0.2, 0.25) is 0 Å². The Kier molecular flexibility index (Phi) is 32.0. The number of aliphatic hydroxyl groups excluding tert-OH is 2. The Morgan fingerprint density at radius 2 is 1.20 bits per heavy atom. The van der Waals surface area contributed by atoms with E-state index >= 15 is 0 Å². The van der Waals surface area contributed by atoms with Crippen molar-refractivity contribution in [2.75, 3.05) is 26.4 Å². The minimum Gasteiger partial charge on any atom is -0.462 e. The summed E-state index contributed by atoms with van der Waals surface area (Å²) in [5, 5.41) is 18.3. The van der Waals surface area contributed by atoms with E-state index in [9.17, 15) is 24.2 Å². The van der Waals surface area contributed by atoms with Crippen LogP contribution in [0.15, 0.2) is 36.5 Å². The molecule has 54 heavy (non-hydrogen) atoms. The SMILES string of the molecule is CCCCCCCCCCCCCCCC(=O)OC[C@H](COP(=O)(O)OC[C@@H](O)CO)OC(=O)CCC/C=C\C/C=C\C/C=C\CC1OC1CCCCC. The lowest BCUT2D eigenvalue weighted by molar-refractivity contribution is -0.161. The van der Waals surface area contributed by atoms with E-state index in [1.165, 1.54) is 83.5 Å². The fraction of sp³-hybridized carbons (Fsp3) is 0.810. The number of hydrogen-bond donors (Lipinski definition) is 3. The summed E-state index contributed by atoms with van der Waals surface area (Å²) in [4.78, 5) is 34.9. The Morgan fingerprint density at radius 3 is 1.83 bits per heavy atom. The van der Waals surface area contributed by atoms with Gasteiger partial charge in [-0.2, -0.15) is 0 Å². The predicted molar refractivity (Wildman–Crippen MR) is 214 cm³/mol. The molecule has 1 fully saturated rings. The molecule has 1 heterocycles. The van der Waals surface area contributed by atoms with Gasteiger partial charge in [0.1, 0.15) is 12.7 Å². The Morgan fingerprint density at radius 1 is 0.667 bits per heavy atom. The summed E-state index contributed by atoms with van der Waals surface area (Å²) in [7, 11) is -4.63. The first-order valence-corrected chi connectivity index (χ1v) is 22.6. The molecule has 3 N–H and O–H groups in total. The van der Waals surface area contributed by atoms with Gasteiger partial charge in [-0.15, -0.1) is 0 Å². The molecule has 5 atom stereocenters. The van der Waals surface area contributed by atoms with Crippen LogP contribution in [0.1, 0.15) is 168 Å². The molecule has 0 saturated carbocycles. The summed E-state index contributed by atoms with van der Waals surface area (Å²) < 4.78 is 38.3. The van der Waals surface area contributed by atoms with Gasteiger partial charge in [-0.25, -0.2) is 4.57 Å². The quantitative estimate of drug-likeness (QED) is 0.0180. The second kappa shape index (κ2) is 34.4. The summed E-state index contributed by atoms with van der Waals surface area (Å²) in [5.41, 5.74) is 0. The maximum Gasteiger partial charge on any atom is 0.472 e. The molecule has 1 saturated heterocycles. The van der Waals surface area contributed by atoms with Crippen molar-refractivity contribution >= 4 is 19.8 Å². The van der Waals surface area contributed by atoms with Crippen molar-refractivity contribution < 1.29 is 52.5 Å². The Bertz CT molecular complexity index is 1060. The average molecular weight is 787 g/mol. The number of hydrogen-bond acceptors (Lipinski definition) is 10. The lowest BCUT2D eigenvalue weighted by Gasteiger charge is -2.20. The monoisotopic (exact) mass is 787 g/mol. The molecule has 0 radical (unpaired) electrons. The molecule has 11 nitrogen and oxygen atoms in total. The van der Waals surface area contributed by atoms with Gasteiger partial charge in [-0.05, 0) is 44.9 Å². The van der Waals surface area contributed by atoms with Crippen LogP contribution in [0.25, 0.3) is 0 Å². The van der Waals surface area contributed by atoms with Crippen LogP contribution in [0.3, 0.4) is 0 Å². The first-order valence-electron chi connectivity index (χ1n) is 21.1. The fourth-order valence-electron chi connectivity index (χ4n) is 5.84. The number of aliphatic hydroxyl groups is 2. The van der Waals surface area contributed by atoms with E-state index in [-0.39, 0.29) is 19.4 Å². The summed E-state index contributed by atoms with van der Waals surface area (Å²) in [6.07, 6.45) is 35.8. The Hall–Kier alpha value is -1.85. The van der Waals surface area contributed by atoms with Crippen molar-refractivity contribution in [3.05, 3.63) is 36.5 Å². The summed E-state index contributed by atoms with van der Waals surface area (Å²) in [5.74, 6) is -0.993. The highest BCUT2D eigenvalue weighted by molar-refractivity contribution is 7.47. The second-order valence-corrected chi connectivity index (χ2v) is 15.9. The highest BCUT2D eigenvalue weighted by atomic mass is 31.2. The number of phosphoric ester groups is 1. The fourth-order valence-corrected chi connectivity index (χ4v) is 6.63. The van der Waals surface area contributed by atoms with Crippen LogP contribution >= 0.6 is 7.82 Å². The van der Waals surface area contributed by atoms with Crippen LogP contribution in [0.2, 0.25) is 0 Å². The zero-order chi connectivity index (χ0) is 39.5. The number of carbonyl (C=O) groups excluding carboxylic acids is 2. The van der Waals surface area contributed by atoms with E-state index in [2.05, 4.69) is 42.7 Å². The smallest absolute Gasteiger partial charge is 0.462 e. The number of unbranched alkanes of at least 4 members (excludes halogenated alkanes) is 15. The highest BCUT2D eigenvalue weighted by Gasteiger charge is 2.36. The van der Waals surface area contributed by atoms with Gasteiger partial charge in [-0.1, -0.05) is 147 Å². The van der Waals surface area contributed by atoms with Crippen LogP contribution in [-0.2, 0) is 37.4 Å². The summed E-state index contributed by atoms with van der Waals surface area (Å²) in [6, 6.07) is 0. The maximum atomic E-state index is 12.6. The van der Waals surface area contributed by atoms with Crippen LogP contribution in [0, 0.1) is 0 Å². The van der Waals surface area contributed by atoms with E-state index in [1.54, 1.807) is 0 Å². The third kappa shape index (κ3) is 31.4. The molecule has 1 aliphatic heterocycles. The van der Waals surface area contributed by atoms with Gasteiger partial charge in [0.25, 0.3) is 0 Å². The molecule has 0 aliphatic carbocycles. The lowest BCUT2D eigenvalue weighted by Crippen LogP contribution is -2.29. The molecule has 1 rings (SSSR count). The third-order valence-electron chi connectivity index (χ3n) is 9.22. The van der Waals surface area contributed by atoms with Gasteiger partial charge in [-0.3, -0.25) is 18.6 Å². The molecule has 314 valence electrons. The van der Waals surface area contributed by atoms with Gasteiger partial charge in [0.05, 0.1) is 32.0 Å². The van der Waals surface area contributed by atoms with Gasteiger partial charge < -0.3 is 29.3 Å². The second-order valence-electron chi connectivity index (χ2n) is 14.4. The predicted octanol–water partition coefficient (Wildman–Crippen LogP) is 9.77. The zero-order valence-corrected chi connectivity index (χ0v) is 34.5. The number of phosphoric acid groups is 1. The third-order valence-corrected chi connectivity index (χ3v) is 10.2. The number of rotatable bonds is 38. The number of epoxide rings is 1. The number of carbonyl (C=O) groups is 2. The molecule has 0 amide bonds. The number of esters is 2. The summed E-state index contributed by atoms with van der Waals surface area (Å²) in [6.45, 7) is 2.27. The molecule has 0 spiro atoms. The molecule has 0 bridgehead atoms. The van der Waals surface area contributed by atoms with Crippen molar-refractivity contribution in [3.8, 4) is 0 Å². The first-order chi connectivity index (χ1) is 26.2. The highest BCUT2D eigenvalue weighted by Crippen LogP contribution is 2.43. The largest absolute Gasteiger partial charge is 0.472 e. The Balaban J connectivity index is 2.30. The molecular formula is C42H75O11P. The molecule has 3 unspecified atom stereocenters. The first kappa shape index (κ1) is 50.2. The van der Waals surface area contributed by atoms with Crippen molar-refractivity contribution in [1.29, 1.82) is 0 Å². The van der Waals surface area contributed by atoms with E-state index in [0.717, 1.165) is 38.5 Å². The Labute approximate surface area is 326 Å². The average Bonchev–Trinajstić information content (AvgIpc) is 3.91. The van der Waals surface area contributed by atoms with Crippen molar-refractivity contribution in [1.82, 2.24) is 0 Å². The van der Waals surface area contributed by atoms with E-state index < -0.39 is 51.8 Å². The lowest BCUT2D eigenvalue weighted by atomic mass is 10.0. The maximum absolute atomic E-state index is 12.6. The molecule has 0 aromatic heterocycles. The zero-order valence-electron chi connectivity index (χ0n) is 33.6. The minimum atomic E-state index is -4.63.